The maximum absolute atomic E-state index is 13.6. The van der Waals surface area contributed by atoms with Crippen LogP contribution in [0.2, 0.25) is 0 Å². The van der Waals surface area contributed by atoms with E-state index in [1.807, 2.05) is 26.0 Å². The van der Waals surface area contributed by atoms with Gasteiger partial charge in [0, 0.05) is 10.0 Å². The fourth-order valence-electron chi connectivity index (χ4n) is 1.94. The van der Waals surface area contributed by atoms with Crippen molar-refractivity contribution in [3.05, 3.63) is 63.4 Å². The fourth-order valence-corrected chi connectivity index (χ4v) is 2.27. The van der Waals surface area contributed by atoms with Crippen LogP contribution in [0.1, 0.15) is 21.5 Å². The van der Waals surface area contributed by atoms with Gasteiger partial charge in [0.1, 0.15) is 0 Å². The molecule has 0 heterocycles. The van der Waals surface area contributed by atoms with E-state index in [4.69, 9.17) is 4.74 Å². The van der Waals surface area contributed by atoms with Gasteiger partial charge in [0.15, 0.2) is 24.0 Å². The zero-order valence-electron chi connectivity index (χ0n) is 11.2. The number of ether oxygens (including phenoxy) is 1. The number of rotatable bonds is 4. The third-order valence-corrected chi connectivity index (χ3v) is 3.43. The number of Topliss-reactive ketones (excluding diaryl/α,β-unsaturated/α-hetero) is 1. The first-order valence-corrected chi connectivity index (χ1v) is 6.95. The number of carbonyl (C=O) groups is 1. The van der Waals surface area contributed by atoms with Gasteiger partial charge in [-0.05, 0) is 37.6 Å². The maximum atomic E-state index is 13.6. The van der Waals surface area contributed by atoms with Gasteiger partial charge in [0.25, 0.3) is 0 Å². The minimum Gasteiger partial charge on any atom is -0.482 e. The van der Waals surface area contributed by atoms with Gasteiger partial charge in [0.05, 0.1) is 0 Å². The van der Waals surface area contributed by atoms with E-state index < -0.39 is 5.82 Å². The second-order valence-corrected chi connectivity index (χ2v) is 5.52. The zero-order chi connectivity index (χ0) is 14.7. The van der Waals surface area contributed by atoms with E-state index in [0.29, 0.717) is 10.0 Å². The fraction of sp³-hybridized carbons (Fsp3) is 0.188. The third-order valence-electron chi connectivity index (χ3n) is 2.94. The molecule has 4 heteroatoms. The van der Waals surface area contributed by atoms with Crippen LogP contribution in [0.4, 0.5) is 4.39 Å². The van der Waals surface area contributed by atoms with Crippen molar-refractivity contribution in [2.45, 2.75) is 13.8 Å². The predicted octanol–water partition coefficient (Wildman–Crippen LogP) is 4.47. The van der Waals surface area contributed by atoms with E-state index in [0.717, 1.165) is 11.1 Å². The highest BCUT2D eigenvalue weighted by molar-refractivity contribution is 9.10. The van der Waals surface area contributed by atoms with Gasteiger partial charge in [0.2, 0.25) is 0 Å². The lowest BCUT2D eigenvalue weighted by atomic mass is 10.0. The minimum atomic E-state index is -0.493. The quantitative estimate of drug-likeness (QED) is 0.770. The maximum Gasteiger partial charge on any atom is 0.200 e. The van der Waals surface area contributed by atoms with Crippen molar-refractivity contribution in [2.75, 3.05) is 6.61 Å². The Morgan fingerprint density at radius 3 is 2.60 bits per heavy atom. The van der Waals surface area contributed by atoms with Gasteiger partial charge in [-0.15, -0.1) is 0 Å². The van der Waals surface area contributed by atoms with Crippen LogP contribution in [0, 0.1) is 19.7 Å². The summed E-state index contributed by atoms with van der Waals surface area (Å²) in [5, 5.41) is 0. The summed E-state index contributed by atoms with van der Waals surface area (Å²) in [6.07, 6.45) is 0. The molecule has 0 N–H and O–H groups in total. The molecule has 104 valence electrons. The monoisotopic (exact) mass is 336 g/mol. The molecule has 0 aliphatic heterocycles. The van der Waals surface area contributed by atoms with Crippen LogP contribution in [0.15, 0.2) is 40.9 Å². The Morgan fingerprint density at radius 1 is 1.20 bits per heavy atom. The van der Waals surface area contributed by atoms with E-state index in [9.17, 15) is 9.18 Å². The van der Waals surface area contributed by atoms with Crippen LogP contribution in [0.5, 0.6) is 5.75 Å². The van der Waals surface area contributed by atoms with E-state index in [2.05, 4.69) is 15.9 Å². The van der Waals surface area contributed by atoms with Crippen molar-refractivity contribution in [2.24, 2.45) is 0 Å². The molecule has 20 heavy (non-hydrogen) atoms. The predicted molar refractivity (Wildman–Crippen MR) is 79.8 cm³/mol. The first-order chi connectivity index (χ1) is 9.47. The van der Waals surface area contributed by atoms with Crippen LogP contribution in [-0.2, 0) is 0 Å². The van der Waals surface area contributed by atoms with Crippen molar-refractivity contribution in [3.8, 4) is 5.75 Å². The lowest BCUT2D eigenvalue weighted by Gasteiger charge is -2.09. The molecule has 0 fully saturated rings. The molecule has 0 amide bonds. The Balaban J connectivity index is 2.08. The largest absolute Gasteiger partial charge is 0.482 e. The number of benzene rings is 2. The molecule has 0 aromatic heterocycles. The average molecular weight is 337 g/mol. The molecule has 2 nitrogen and oxygen atoms in total. The number of carbonyl (C=O) groups excluding carboxylic acids is 1. The van der Waals surface area contributed by atoms with E-state index >= 15 is 0 Å². The molecule has 0 aliphatic rings. The first kappa shape index (κ1) is 14.7. The van der Waals surface area contributed by atoms with Crippen molar-refractivity contribution < 1.29 is 13.9 Å². The van der Waals surface area contributed by atoms with Crippen molar-refractivity contribution in [3.63, 3.8) is 0 Å². The number of aryl methyl sites for hydroxylation is 2. The summed E-state index contributed by atoms with van der Waals surface area (Å²) in [7, 11) is 0. The highest BCUT2D eigenvalue weighted by Gasteiger charge is 2.11. The Morgan fingerprint density at radius 2 is 1.95 bits per heavy atom. The lowest BCUT2D eigenvalue weighted by molar-refractivity contribution is 0.0918. The van der Waals surface area contributed by atoms with Crippen LogP contribution < -0.4 is 4.74 Å². The Labute approximate surface area is 125 Å². The van der Waals surface area contributed by atoms with Crippen LogP contribution in [0.3, 0.4) is 0 Å². The third kappa shape index (κ3) is 3.45. The van der Waals surface area contributed by atoms with Crippen LogP contribution in [0.25, 0.3) is 0 Å². The Bertz CT molecular complexity index is 653. The summed E-state index contributed by atoms with van der Waals surface area (Å²) < 4.78 is 19.4. The highest BCUT2D eigenvalue weighted by Crippen LogP contribution is 2.21. The minimum absolute atomic E-state index is 0.0753. The molecular formula is C16H14BrFO2. The van der Waals surface area contributed by atoms with Gasteiger partial charge in [-0.3, -0.25) is 4.79 Å². The lowest BCUT2D eigenvalue weighted by Crippen LogP contribution is -2.13. The number of hydrogen-bond donors (Lipinski definition) is 0. The van der Waals surface area contributed by atoms with E-state index in [1.54, 1.807) is 12.1 Å². The average Bonchev–Trinajstić information content (AvgIpc) is 2.37. The number of hydrogen-bond acceptors (Lipinski definition) is 2. The summed E-state index contributed by atoms with van der Waals surface area (Å²) >= 11 is 3.17. The standard InChI is InChI=1S/C16H14BrFO2/c1-10-3-5-13(11(2)7-10)15(19)9-20-16-6-4-12(17)8-14(16)18/h3-8H,9H2,1-2H3. The molecule has 0 radical (unpaired) electrons. The second kappa shape index (κ2) is 6.18. The molecular weight excluding hydrogens is 323 g/mol. The van der Waals surface area contributed by atoms with E-state index in [1.165, 1.54) is 12.1 Å². The smallest absolute Gasteiger partial charge is 0.200 e. The molecule has 0 saturated carbocycles. The van der Waals surface area contributed by atoms with E-state index in [-0.39, 0.29) is 18.1 Å². The van der Waals surface area contributed by atoms with Crippen LogP contribution in [-0.4, -0.2) is 12.4 Å². The topological polar surface area (TPSA) is 26.3 Å². The van der Waals surface area contributed by atoms with Gasteiger partial charge < -0.3 is 4.74 Å². The molecule has 0 aliphatic carbocycles. The zero-order valence-corrected chi connectivity index (χ0v) is 12.8. The summed E-state index contributed by atoms with van der Waals surface area (Å²) in [5.41, 5.74) is 2.60. The molecule has 2 rings (SSSR count). The normalized spacial score (nSPS) is 10.4. The van der Waals surface area contributed by atoms with Gasteiger partial charge in [-0.2, -0.15) is 0 Å². The molecule has 2 aromatic carbocycles. The molecule has 0 unspecified atom stereocenters. The van der Waals surface area contributed by atoms with Gasteiger partial charge in [-0.25, -0.2) is 4.39 Å². The Hall–Kier alpha value is -1.68. The summed E-state index contributed by atoms with van der Waals surface area (Å²) in [5.74, 6) is -0.580. The molecule has 0 bridgehead atoms. The summed E-state index contributed by atoms with van der Waals surface area (Å²) in [4.78, 5) is 12.1. The first-order valence-electron chi connectivity index (χ1n) is 6.15. The SMILES string of the molecule is Cc1ccc(C(=O)COc2ccc(Br)cc2F)c(C)c1. The molecule has 0 spiro atoms. The summed E-state index contributed by atoms with van der Waals surface area (Å²) in [6, 6.07) is 10.0. The molecule has 0 saturated heterocycles. The molecule has 2 aromatic rings. The highest BCUT2D eigenvalue weighted by atomic mass is 79.9. The van der Waals surface area contributed by atoms with Crippen molar-refractivity contribution in [1.29, 1.82) is 0 Å². The number of halogens is 2. The van der Waals surface area contributed by atoms with Crippen molar-refractivity contribution in [1.82, 2.24) is 0 Å². The van der Waals surface area contributed by atoms with Crippen LogP contribution >= 0.6 is 15.9 Å². The molecule has 0 atom stereocenters. The summed E-state index contributed by atoms with van der Waals surface area (Å²) in [6.45, 7) is 3.66. The van der Waals surface area contributed by atoms with Gasteiger partial charge >= 0.3 is 0 Å². The number of ketones is 1. The Kier molecular flexibility index (Phi) is 4.55. The van der Waals surface area contributed by atoms with Gasteiger partial charge in [-0.1, -0.05) is 39.7 Å². The van der Waals surface area contributed by atoms with Crippen molar-refractivity contribution >= 4 is 21.7 Å². The second-order valence-electron chi connectivity index (χ2n) is 4.60.